The van der Waals surface area contributed by atoms with Crippen LogP contribution >= 0.6 is 34.0 Å². The zero-order chi connectivity index (χ0) is 41.6. The van der Waals surface area contributed by atoms with E-state index in [1.165, 1.54) is 27.1 Å². The van der Waals surface area contributed by atoms with Gasteiger partial charge < -0.3 is 10.0 Å². The maximum Gasteiger partial charge on any atom is 0.346 e. The van der Waals surface area contributed by atoms with Gasteiger partial charge in [-0.25, -0.2) is 4.79 Å². The summed E-state index contributed by atoms with van der Waals surface area (Å²) >= 11 is 5.13. The number of aliphatic carboxylic acids is 1. The minimum atomic E-state index is -1.20. The average molecular weight is 848 g/mol. The van der Waals surface area contributed by atoms with E-state index in [0.29, 0.717) is 5.92 Å². The number of anilines is 3. The van der Waals surface area contributed by atoms with E-state index < -0.39 is 5.97 Å². The fourth-order valence-corrected chi connectivity index (χ4v) is 11.7. The lowest BCUT2D eigenvalue weighted by Gasteiger charge is -2.25. The van der Waals surface area contributed by atoms with Gasteiger partial charge >= 0.3 is 5.97 Å². The number of hydrogen-bond donors (Lipinski definition) is 1. The molecule has 8 rings (SSSR count). The first kappa shape index (κ1) is 41.1. The normalized spacial score (nSPS) is 12.4. The molecule has 4 aromatic carbocycles. The summed E-state index contributed by atoms with van der Waals surface area (Å²) in [6.07, 6.45) is 11.4. The second kappa shape index (κ2) is 18.8. The smallest absolute Gasteiger partial charge is 0.346 e. The SMILES string of the molecule is CCCCCCc1cc(-c2cc3c4nn(CC(CC)CCCC)nc4c4cc(-c5ccc(N(c6ccccc6)c6ccccc6)cc5)sc4c3s2)sc1/C=C(/C#N)C(=O)O. The molecule has 8 aromatic rings. The Balaban J connectivity index is 1.24. The van der Waals surface area contributed by atoms with Crippen LogP contribution in [0.25, 0.3) is 57.5 Å². The summed E-state index contributed by atoms with van der Waals surface area (Å²) in [6.45, 7) is 7.50. The summed E-state index contributed by atoms with van der Waals surface area (Å²) in [4.78, 5) is 20.3. The molecule has 0 radical (unpaired) electrons. The van der Waals surface area contributed by atoms with Crippen molar-refractivity contribution < 1.29 is 9.90 Å². The monoisotopic (exact) mass is 847 g/mol. The second-order valence-corrected chi connectivity index (χ2v) is 18.6. The molecule has 0 aliphatic carbocycles. The minimum absolute atomic E-state index is 0.245. The van der Waals surface area contributed by atoms with Crippen LogP contribution in [-0.2, 0) is 17.8 Å². The first-order valence-corrected chi connectivity index (χ1v) is 23.6. The molecule has 0 saturated heterocycles. The maximum atomic E-state index is 11.9. The van der Waals surface area contributed by atoms with E-state index >= 15 is 0 Å². The number of nitrogens with zero attached hydrogens (tertiary/aromatic N) is 5. The average Bonchev–Trinajstić information content (AvgIpc) is 4.09. The molecule has 0 bridgehead atoms. The van der Waals surface area contributed by atoms with Gasteiger partial charge in [-0.3, -0.25) is 0 Å². The zero-order valence-electron chi connectivity index (χ0n) is 34.4. The first-order valence-electron chi connectivity index (χ1n) is 21.1. The van der Waals surface area contributed by atoms with Crippen LogP contribution in [0.2, 0.25) is 0 Å². The summed E-state index contributed by atoms with van der Waals surface area (Å²) in [5.74, 6) is -0.692. The lowest BCUT2D eigenvalue weighted by Crippen LogP contribution is -2.12. The molecule has 0 amide bonds. The van der Waals surface area contributed by atoms with Crippen molar-refractivity contribution in [2.45, 2.75) is 85.1 Å². The Morgan fingerprint density at radius 1 is 0.750 bits per heavy atom. The Labute approximate surface area is 363 Å². The van der Waals surface area contributed by atoms with Crippen LogP contribution < -0.4 is 4.90 Å². The number of benzene rings is 4. The summed E-state index contributed by atoms with van der Waals surface area (Å²) in [5.41, 5.74) is 7.13. The molecule has 4 aromatic heterocycles. The third-order valence-corrected chi connectivity index (χ3v) is 15.1. The largest absolute Gasteiger partial charge is 0.477 e. The van der Waals surface area contributed by atoms with Gasteiger partial charge in [-0.15, -0.1) is 34.0 Å². The van der Waals surface area contributed by atoms with Crippen LogP contribution in [0, 0.1) is 17.2 Å². The minimum Gasteiger partial charge on any atom is -0.477 e. The van der Waals surface area contributed by atoms with Crippen molar-refractivity contribution in [3.8, 4) is 26.3 Å². The predicted molar refractivity (Wildman–Crippen MR) is 254 cm³/mol. The zero-order valence-corrected chi connectivity index (χ0v) is 36.8. The Morgan fingerprint density at radius 3 is 1.92 bits per heavy atom. The number of para-hydroxylation sites is 2. The van der Waals surface area contributed by atoms with Crippen LogP contribution in [0.15, 0.2) is 109 Å². The van der Waals surface area contributed by atoms with Crippen LogP contribution in [0.3, 0.4) is 0 Å². The number of carboxylic acid groups (broad SMARTS) is 1. The van der Waals surface area contributed by atoms with Gasteiger partial charge in [-0.05, 0) is 97.0 Å². The van der Waals surface area contributed by atoms with E-state index in [9.17, 15) is 15.2 Å². The fraction of sp³-hybridized carbons (Fsp3) is 0.280. The number of aryl methyl sites for hydroxylation is 1. The molecule has 10 heteroatoms. The molecule has 1 atom stereocenters. The Hall–Kier alpha value is -5.60. The number of nitriles is 1. The molecule has 7 nitrogen and oxygen atoms in total. The predicted octanol–water partition coefficient (Wildman–Crippen LogP) is 15.1. The third kappa shape index (κ3) is 8.66. The lowest BCUT2D eigenvalue weighted by molar-refractivity contribution is -0.132. The Kier molecular flexibility index (Phi) is 12.9. The van der Waals surface area contributed by atoms with Gasteiger partial charge in [0.15, 0.2) is 0 Å². The van der Waals surface area contributed by atoms with E-state index in [0.717, 1.165) is 116 Å². The van der Waals surface area contributed by atoms with E-state index in [1.807, 2.05) is 23.0 Å². The molecule has 4 heterocycles. The standard InChI is InChI=1S/C50H49N5O2S3/c1-4-7-9-12-18-35-27-44(58-42(35)28-36(31-51)50(56)57)45-30-41-47-46(52-54(53-47)32-33(6-3)17-8-5-2)40-29-43(59-48(40)49(41)60-45)34-23-25-39(26-24-34)55(37-19-13-10-14-20-37)38-21-15-11-16-22-38/h10-11,13-16,19-30,33H,4-9,12,17-18,32H2,1-3H3,(H,56,57)/b36-28-. The van der Waals surface area contributed by atoms with Crippen LogP contribution in [-0.4, -0.2) is 26.1 Å². The lowest BCUT2D eigenvalue weighted by atomic mass is 10.00. The third-order valence-electron chi connectivity index (χ3n) is 11.2. The molecule has 1 unspecified atom stereocenters. The number of hydrogen-bond acceptors (Lipinski definition) is 8. The summed E-state index contributed by atoms with van der Waals surface area (Å²) in [5, 5.41) is 32.0. The van der Waals surface area contributed by atoms with Gasteiger partial charge in [0, 0.05) is 47.3 Å². The van der Waals surface area contributed by atoms with E-state index in [4.69, 9.17) is 10.2 Å². The summed E-state index contributed by atoms with van der Waals surface area (Å²) < 4.78 is 2.38. The van der Waals surface area contributed by atoms with Gasteiger partial charge in [-0.1, -0.05) is 108 Å². The van der Waals surface area contributed by atoms with E-state index in [-0.39, 0.29) is 5.57 Å². The number of carboxylic acids is 1. The van der Waals surface area contributed by atoms with Gasteiger partial charge in [0.1, 0.15) is 22.7 Å². The maximum absolute atomic E-state index is 11.9. The highest BCUT2D eigenvalue weighted by Gasteiger charge is 2.23. The van der Waals surface area contributed by atoms with Crippen LogP contribution in [0.1, 0.15) is 82.6 Å². The molecule has 60 heavy (non-hydrogen) atoms. The van der Waals surface area contributed by atoms with Crippen LogP contribution in [0.4, 0.5) is 17.1 Å². The summed E-state index contributed by atoms with van der Waals surface area (Å²) in [7, 11) is 0. The van der Waals surface area contributed by atoms with Gasteiger partial charge in [0.05, 0.1) is 15.9 Å². The topological polar surface area (TPSA) is 95.0 Å². The number of aromatic nitrogens is 3. The van der Waals surface area contributed by atoms with Crippen molar-refractivity contribution in [2.24, 2.45) is 5.92 Å². The number of thiophene rings is 3. The highest BCUT2D eigenvalue weighted by atomic mass is 32.1. The van der Waals surface area contributed by atoms with Crippen molar-refractivity contribution in [3.63, 3.8) is 0 Å². The van der Waals surface area contributed by atoms with Crippen molar-refractivity contribution in [1.29, 1.82) is 5.26 Å². The molecular weight excluding hydrogens is 799 g/mol. The Morgan fingerprint density at radius 2 is 1.33 bits per heavy atom. The molecule has 0 fully saturated rings. The van der Waals surface area contributed by atoms with E-state index in [2.05, 4.69) is 117 Å². The molecule has 0 saturated carbocycles. The molecule has 304 valence electrons. The molecule has 0 spiro atoms. The Bertz CT molecular complexity index is 2770. The number of rotatable bonds is 18. The molecule has 1 N–H and O–H groups in total. The van der Waals surface area contributed by atoms with Gasteiger partial charge in [-0.2, -0.15) is 20.3 Å². The van der Waals surface area contributed by atoms with Crippen molar-refractivity contribution in [2.75, 3.05) is 4.90 Å². The fourth-order valence-electron chi connectivity index (χ4n) is 7.95. The van der Waals surface area contributed by atoms with Gasteiger partial charge in [0.2, 0.25) is 0 Å². The summed E-state index contributed by atoms with van der Waals surface area (Å²) in [6, 6.07) is 38.5. The molecule has 0 aliphatic rings. The van der Waals surface area contributed by atoms with Crippen molar-refractivity contribution in [1.82, 2.24) is 15.0 Å². The molecular formula is C50H49N5O2S3. The highest BCUT2D eigenvalue weighted by Crippen LogP contribution is 2.48. The second-order valence-electron chi connectivity index (χ2n) is 15.4. The number of carbonyl (C=O) groups is 1. The number of fused-ring (bicyclic) bond motifs is 6. The quantitative estimate of drug-likeness (QED) is 0.0525. The molecule has 0 aliphatic heterocycles. The van der Waals surface area contributed by atoms with Crippen molar-refractivity contribution in [3.05, 3.63) is 119 Å². The highest BCUT2D eigenvalue weighted by molar-refractivity contribution is 7.31. The van der Waals surface area contributed by atoms with E-state index in [1.54, 1.807) is 40.1 Å². The van der Waals surface area contributed by atoms with Crippen LogP contribution in [0.5, 0.6) is 0 Å². The number of unbranched alkanes of at least 4 members (excludes halogenated alkanes) is 4. The first-order chi connectivity index (χ1) is 29.4. The van der Waals surface area contributed by atoms with Gasteiger partial charge in [0.25, 0.3) is 0 Å². The van der Waals surface area contributed by atoms with Crippen molar-refractivity contribution >= 4 is 94.3 Å².